The number of hydrogen-bond donors (Lipinski definition) is 2. The minimum Gasteiger partial charge on any atom is -0.394 e. The van der Waals surface area contributed by atoms with E-state index in [-0.39, 0.29) is 0 Å². The third-order valence-electron chi connectivity index (χ3n) is 4.80. The van der Waals surface area contributed by atoms with Gasteiger partial charge in [-0.15, -0.1) is 0 Å². The van der Waals surface area contributed by atoms with Crippen molar-refractivity contribution in [1.82, 2.24) is 14.7 Å². The lowest BCUT2D eigenvalue weighted by atomic mass is 9.99. The molecule has 3 N–H and O–H groups in total. The Balaban J connectivity index is 1.81. The molecule has 3 heterocycles. The molecule has 2 aliphatic rings. The van der Waals surface area contributed by atoms with Gasteiger partial charge in [0.15, 0.2) is 0 Å². The van der Waals surface area contributed by atoms with Gasteiger partial charge in [0.2, 0.25) is 0 Å². The van der Waals surface area contributed by atoms with E-state index < -0.39 is 0 Å². The Bertz CT molecular complexity index is 479. The zero-order valence-corrected chi connectivity index (χ0v) is 12.9. The van der Waals surface area contributed by atoms with Crippen LogP contribution in [0.25, 0.3) is 0 Å². The third-order valence-corrected chi connectivity index (χ3v) is 4.80. The number of anilines is 2. The van der Waals surface area contributed by atoms with Gasteiger partial charge in [-0.2, -0.15) is 5.10 Å². The number of aromatic nitrogens is 2. The van der Waals surface area contributed by atoms with Gasteiger partial charge in [0, 0.05) is 24.7 Å². The van der Waals surface area contributed by atoms with Gasteiger partial charge < -0.3 is 11.1 Å². The molecule has 1 aromatic rings. The van der Waals surface area contributed by atoms with E-state index in [1.807, 2.05) is 11.6 Å². The zero-order valence-electron chi connectivity index (χ0n) is 12.9. The molecule has 0 bridgehead atoms. The number of piperidine rings is 1. The van der Waals surface area contributed by atoms with Crippen molar-refractivity contribution in [3.05, 3.63) is 5.69 Å². The molecule has 5 heteroatoms. The third kappa shape index (κ3) is 2.28. The van der Waals surface area contributed by atoms with E-state index in [9.17, 15) is 0 Å². The highest BCUT2D eigenvalue weighted by Crippen LogP contribution is 2.32. The van der Waals surface area contributed by atoms with E-state index in [2.05, 4.69) is 29.2 Å². The Kier molecular flexibility index (Phi) is 3.63. The molecular formula is C15H27N5. The molecule has 2 saturated heterocycles. The first-order chi connectivity index (χ1) is 9.58. The van der Waals surface area contributed by atoms with Gasteiger partial charge in [0.05, 0.1) is 11.4 Å². The number of nitrogens with two attached hydrogens (primary N) is 1. The topological polar surface area (TPSA) is 59.1 Å². The van der Waals surface area contributed by atoms with Crippen LogP contribution in [0.5, 0.6) is 0 Å². The molecular weight excluding hydrogens is 250 g/mol. The highest BCUT2D eigenvalue weighted by Gasteiger charge is 2.36. The van der Waals surface area contributed by atoms with Crippen molar-refractivity contribution >= 4 is 11.5 Å². The summed E-state index contributed by atoms with van der Waals surface area (Å²) in [7, 11) is 0. The number of hydrogen-bond acceptors (Lipinski definition) is 4. The fourth-order valence-electron chi connectivity index (χ4n) is 3.67. The minimum atomic E-state index is 0.331. The van der Waals surface area contributed by atoms with Crippen LogP contribution in [0.3, 0.4) is 0 Å². The maximum absolute atomic E-state index is 6.23. The number of rotatable bonds is 3. The van der Waals surface area contributed by atoms with E-state index in [1.54, 1.807) is 0 Å². The zero-order chi connectivity index (χ0) is 14.3. The summed E-state index contributed by atoms with van der Waals surface area (Å²) in [4.78, 5) is 2.64. The van der Waals surface area contributed by atoms with Gasteiger partial charge in [-0.05, 0) is 46.6 Å². The summed E-state index contributed by atoms with van der Waals surface area (Å²) in [5.74, 6) is 1.02. The Hall–Kier alpha value is -1.23. The molecule has 0 amide bonds. The number of fused-ring (bicyclic) bond motifs is 1. The van der Waals surface area contributed by atoms with E-state index in [0.29, 0.717) is 18.1 Å². The first-order valence-corrected chi connectivity index (χ1v) is 7.93. The number of nitrogens with one attached hydrogen (secondary N) is 1. The maximum Gasteiger partial charge on any atom is 0.148 e. The van der Waals surface area contributed by atoms with Crippen LogP contribution in [-0.2, 0) is 0 Å². The van der Waals surface area contributed by atoms with Gasteiger partial charge in [-0.1, -0.05) is 6.42 Å². The lowest BCUT2D eigenvalue weighted by Gasteiger charge is -2.33. The fourth-order valence-corrected chi connectivity index (χ4v) is 3.67. The van der Waals surface area contributed by atoms with Crippen LogP contribution in [0.1, 0.15) is 51.3 Å². The van der Waals surface area contributed by atoms with Gasteiger partial charge in [0.25, 0.3) is 0 Å². The summed E-state index contributed by atoms with van der Waals surface area (Å²) in [6.07, 6.45) is 5.24. The number of aryl methyl sites for hydroxylation is 1. The Morgan fingerprint density at radius 2 is 2.05 bits per heavy atom. The van der Waals surface area contributed by atoms with Crippen molar-refractivity contribution < 1.29 is 0 Å². The van der Waals surface area contributed by atoms with E-state index >= 15 is 0 Å². The summed E-state index contributed by atoms with van der Waals surface area (Å²) >= 11 is 0. The molecule has 2 aliphatic heterocycles. The second-order valence-corrected chi connectivity index (χ2v) is 6.52. The molecule has 5 nitrogen and oxygen atoms in total. The standard InChI is InChI=1S/C15H27N5/c1-10(2)20-15(14(16)11(3)18-20)17-12-7-9-19-8-5-4-6-13(12)19/h10,12-13,17H,4-9,16H2,1-3H3. The van der Waals surface area contributed by atoms with Crippen molar-refractivity contribution in [1.29, 1.82) is 0 Å². The summed E-state index contributed by atoms with van der Waals surface area (Å²) in [5.41, 5.74) is 7.97. The maximum atomic E-state index is 6.23. The molecule has 2 unspecified atom stereocenters. The van der Waals surface area contributed by atoms with Gasteiger partial charge in [0.1, 0.15) is 5.82 Å². The van der Waals surface area contributed by atoms with E-state index in [0.717, 1.165) is 17.2 Å². The highest BCUT2D eigenvalue weighted by molar-refractivity contribution is 5.65. The Labute approximate surface area is 121 Å². The minimum absolute atomic E-state index is 0.331. The van der Waals surface area contributed by atoms with Crippen LogP contribution >= 0.6 is 0 Å². The number of nitrogen functional groups attached to an aromatic ring is 1. The fraction of sp³-hybridized carbons (Fsp3) is 0.800. The predicted molar refractivity (Wildman–Crippen MR) is 83.0 cm³/mol. The van der Waals surface area contributed by atoms with E-state index in [4.69, 9.17) is 5.73 Å². The largest absolute Gasteiger partial charge is 0.394 e. The lowest BCUT2D eigenvalue weighted by Crippen LogP contribution is -2.42. The monoisotopic (exact) mass is 277 g/mol. The van der Waals surface area contributed by atoms with Crippen molar-refractivity contribution in [2.75, 3.05) is 24.1 Å². The summed E-state index contributed by atoms with van der Waals surface area (Å²) in [5, 5.41) is 8.28. The summed E-state index contributed by atoms with van der Waals surface area (Å²) in [6.45, 7) is 8.77. The molecule has 0 aromatic carbocycles. The molecule has 112 valence electrons. The molecule has 0 aliphatic carbocycles. The first kappa shape index (κ1) is 13.7. The van der Waals surface area contributed by atoms with Crippen molar-refractivity contribution in [2.45, 2.75) is 64.6 Å². The van der Waals surface area contributed by atoms with Crippen molar-refractivity contribution in [3.63, 3.8) is 0 Å². The molecule has 1 aromatic heterocycles. The van der Waals surface area contributed by atoms with Crippen LogP contribution in [0.2, 0.25) is 0 Å². The quantitative estimate of drug-likeness (QED) is 0.890. The molecule has 2 fully saturated rings. The second-order valence-electron chi connectivity index (χ2n) is 6.52. The SMILES string of the molecule is Cc1nn(C(C)C)c(NC2CCN3CCCCC23)c1N. The first-order valence-electron chi connectivity index (χ1n) is 7.93. The number of nitrogens with zero attached hydrogens (tertiary/aromatic N) is 3. The Morgan fingerprint density at radius 3 is 2.80 bits per heavy atom. The predicted octanol–water partition coefficient (Wildman–Crippen LogP) is 2.39. The van der Waals surface area contributed by atoms with Crippen LogP contribution in [-0.4, -0.2) is 39.9 Å². The summed E-state index contributed by atoms with van der Waals surface area (Å²) < 4.78 is 2.04. The molecule has 20 heavy (non-hydrogen) atoms. The highest BCUT2D eigenvalue weighted by atomic mass is 15.4. The van der Waals surface area contributed by atoms with Crippen molar-refractivity contribution in [3.8, 4) is 0 Å². The van der Waals surface area contributed by atoms with Gasteiger partial charge >= 0.3 is 0 Å². The van der Waals surface area contributed by atoms with Crippen LogP contribution in [0, 0.1) is 6.92 Å². The van der Waals surface area contributed by atoms with Crippen LogP contribution < -0.4 is 11.1 Å². The van der Waals surface area contributed by atoms with Gasteiger partial charge in [-0.25, -0.2) is 4.68 Å². The molecule has 2 atom stereocenters. The lowest BCUT2D eigenvalue weighted by molar-refractivity contribution is 0.192. The average Bonchev–Trinajstić information content (AvgIpc) is 2.96. The Morgan fingerprint density at radius 1 is 1.25 bits per heavy atom. The molecule has 0 spiro atoms. The molecule has 0 radical (unpaired) electrons. The van der Waals surface area contributed by atoms with Crippen molar-refractivity contribution in [2.24, 2.45) is 0 Å². The van der Waals surface area contributed by atoms with Crippen LogP contribution in [0.4, 0.5) is 11.5 Å². The average molecular weight is 277 g/mol. The smallest absolute Gasteiger partial charge is 0.148 e. The molecule has 0 saturated carbocycles. The normalized spacial score (nSPS) is 27.0. The summed E-state index contributed by atoms with van der Waals surface area (Å²) in [6, 6.07) is 1.53. The second kappa shape index (κ2) is 5.28. The van der Waals surface area contributed by atoms with Gasteiger partial charge in [-0.3, -0.25) is 4.90 Å². The van der Waals surface area contributed by atoms with E-state index in [1.165, 1.54) is 38.8 Å². The molecule has 3 rings (SSSR count). The van der Waals surface area contributed by atoms with Crippen LogP contribution in [0.15, 0.2) is 0 Å².